The second kappa shape index (κ2) is 11.8. The zero-order valence-corrected chi connectivity index (χ0v) is 29.5. The quantitative estimate of drug-likeness (QED) is 0.184. The van der Waals surface area contributed by atoms with Crippen molar-refractivity contribution in [1.82, 2.24) is 13.7 Å². The molecule has 3 heterocycles. The molecular formula is C50H29N5. The zero-order chi connectivity index (χ0) is 36.6. The number of rotatable bonds is 4. The molecule has 0 bridgehead atoms. The average Bonchev–Trinajstić information content (AvgIpc) is 3.89. The van der Waals surface area contributed by atoms with E-state index >= 15 is 0 Å². The summed E-state index contributed by atoms with van der Waals surface area (Å²) in [5.74, 6) is 0. The van der Waals surface area contributed by atoms with E-state index in [0.29, 0.717) is 11.1 Å². The molecule has 0 N–H and O–H groups in total. The van der Waals surface area contributed by atoms with Crippen LogP contribution in [0.3, 0.4) is 0 Å². The summed E-state index contributed by atoms with van der Waals surface area (Å²) >= 11 is 0. The fourth-order valence-electron chi connectivity index (χ4n) is 8.84. The van der Waals surface area contributed by atoms with Crippen LogP contribution in [0.15, 0.2) is 176 Å². The summed E-state index contributed by atoms with van der Waals surface area (Å²) in [6.45, 7) is 0. The molecule has 55 heavy (non-hydrogen) atoms. The molecule has 0 fully saturated rings. The Morgan fingerprint density at radius 1 is 0.345 bits per heavy atom. The summed E-state index contributed by atoms with van der Waals surface area (Å²) in [6, 6.07) is 66.0. The second-order valence-corrected chi connectivity index (χ2v) is 13.9. The Labute approximate surface area is 316 Å². The van der Waals surface area contributed by atoms with Crippen LogP contribution in [0.25, 0.3) is 93.6 Å². The number of nitriles is 2. The van der Waals surface area contributed by atoms with E-state index in [1.165, 1.54) is 10.8 Å². The van der Waals surface area contributed by atoms with E-state index in [1.54, 1.807) is 0 Å². The van der Waals surface area contributed by atoms with Crippen LogP contribution in [0.1, 0.15) is 11.1 Å². The van der Waals surface area contributed by atoms with Crippen LogP contribution in [-0.4, -0.2) is 13.7 Å². The van der Waals surface area contributed by atoms with E-state index in [1.807, 2.05) is 36.4 Å². The molecule has 0 aliphatic heterocycles. The van der Waals surface area contributed by atoms with Crippen molar-refractivity contribution in [3.05, 3.63) is 187 Å². The smallest absolute Gasteiger partial charge is 0.0998 e. The molecule has 0 amide bonds. The molecule has 5 heteroatoms. The highest BCUT2D eigenvalue weighted by molar-refractivity contribution is 6.14. The molecule has 0 saturated carbocycles. The fraction of sp³-hybridized carbons (Fsp3) is 0. The van der Waals surface area contributed by atoms with E-state index in [4.69, 9.17) is 0 Å². The summed E-state index contributed by atoms with van der Waals surface area (Å²) in [5, 5.41) is 27.2. The first-order valence-corrected chi connectivity index (χ1v) is 18.3. The third-order valence-electron chi connectivity index (χ3n) is 11.1. The molecule has 0 atom stereocenters. The minimum Gasteiger partial charge on any atom is -0.309 e. The van der Waals surface area contributed by atoms with Crippen LogP contribution in [0.4, 0.5) is 0 Å². The SMILES string of the molecule is N#Cc1ccc(-n2c3ccccc3c3ccc(-n4c5ccccc5c5ccccc54)cc32)c(-c2ccccc2-n2c3ccccc3c3c(C#N)cccc32)c1. The predicted octanol–water partition coefficient (Wildman–Crippen LogP) is 12.4. The third-order valence-corrected chi connectivity index (χ3v) is 11.1. The van der Waals surface area contributed by atoms with Crippen LogP contribution in [-0.2, 0) is 0 Å². The molecule has 0 saturated heterocycles. The Morgan fingerprint density at radius 3 is 1.55 bits per heavy atom. The molecule has 0 aliphatic carbocycles. The zero-order valence-electron chi connectivity index (χ0n) is 29.5. The lowest BCUT2D eigenvalue weighted by Crippen LogP contribution is -2.02. The third kappa shape index (κ3) is 4.39. The summed E-state index contributed by atoms with van der Waals surface area (Å²) in [5.41, 5.74) is 12.6. The van der Waals surface area contributed by atoms with Gasteiger partial charge in [0.25, 0.3) is 0 Å². The highest BCUT2D eigenvalue weighted by Crippen LogP contribution is 2.42. The van der Waals surface area contributed by atoms with Gasteiger partial charge in [-0.3, -0.25) is 0 Å². The van der Waals surface area contributed by atoms with Gasteiger partial charge in [-0.2, -0.15) is 10.5 Å². The van der Waals surface area contributed by atoms with Crippen molar-refractivity contribution in [1.29, 1.82) is 10.5 Å². The highest BCUT2D eigenvalue weighted by atomic mass is 15.0. The minimum absolute atomic E-state index is 0.578. The van der Waals surface area contributed by atoms with Gasteiger partial charge >= 0.3 is 0 Å². The number of nitrogens with zero attached hydrogens (tertiary/aromatic N) is 5. The highest BCUT2D eigenvalue weighted by Gasteiger charge is 2.22. The lowest BCUT2D eigenvalue weighted by atomic mass is 9.98. The van der Waals surface area contributed by atoms with Crippen LogP contribution < -0.4 is 0 Å². The molecule has 11 aromatic rings. The first-order valence-electron chi connectivity index (χ1n) is 18.3. The van der Waals surface area contributed by atoms with Crippen molar-refractivity contribution in [3.8, 4) is 40.3 Å². The fourth-order valence-corrected chi connectivity index (χ4v) is 8.84. The van der Waals surface area contributed by atoms with Crippen molar-refractivity contribution in [3.63, 3.8) is 0 Å². The molecule has 5 nitrogen and oxygen atoms in total. The van der Waals surface area contributed by atoms with Crippen LogP contribution in [0.2, 0.25) is 0 Å². The van der Waals surface area contributed by atoms with Crippen LogP contribution >= 0.6 is 0 Å². The van der Waals surface area contributed by atoms with Gasteiger partial charge in [-0.15, -0.1) is 0 Å². The second-order valence-electron chi connectivity index (χ2n) is 13.9. The predicted molar refractivity (Wildman–Crippen MR) is 224 cm³/mol. The van der Waals surface area contributed by atoms with Gasteiger partial charge in [0.15, 0.2) is 0 Å². The Kier molecular flexibility index (Phi) is 6.61. The molecule has 0 aliphatic rings. The molecule has 3 aromatic heterocycles. The molecule has 0 radical (unpaired) electrons. The van der Waals surface area contributed by atoms with Gasteiger partial charge in [-0.1, -0.05) is 103 Å². The van der Waals surface area contributed by atoms with Crippen molar-refractivity contribution >= 4 is 65.4 Å². The van der Waals surface area contributed by atoms with E-state index in [2.05, 4.69) is 165 Å². The van der Waals surface area contributed by atoms with E-state index in [0.717, 1.165) is 82.8 Å². The summed E-state index contributed by atoms with van der Waals surface area (Å²) in [6.07, 6.45) is 0. The average molecular weight is 700 g/mol. The van der Waals surface area contributed by atoms with Gasteiger partial charge in [-0.25, -0.2) is 0 Å². The molecular weight excluding hydrogens is 671 g/mol. The Balaban J connectivity index is 1.23. The molecule has 254 valence electrons. The maximum Gasteiger partial charge on any atom is 0.0998 e. The van der Waals surface area contributed by atoms with Gasteiger partial charge in [-0.05, 0) is 72.8 Å². The van der Waals surface area contributed by atoms with Gasteiger partial charge < -0.3 is 13.7 Å². The summed E-state index contributed by atoms with van der Waals surface area (Å²) in [7, 11) is 0. The van der Waals surface area contributed by atoms with Gasteiger partial charge in [0.1, 0.15) is 0 Å². The number of benzene rings is 8. The van der Waals surface area contributed by atoms with E-state index in [9.17, 15) is 10.5 Å². The van der Waals surface area contributed by atoms with Gasteiger partial charge in [0, 0.05) is 49.1 Å². The van der Waals surface area contributed by atoms with Gasteiger partial charge in [0.05, 0.1) is 67.7 Å². The maximum absolute atomic E-state index is 10.3. The normalized spacial score (nSPS) is 11.6. The van der Waals surface area contributed by atoms with E-state index in [-0.39, 0.29) is 0 Å². The maximum atomic E-state index is 10.3. The number of fused-ring (bicyclic) bond motifs is 9. The lowest BCUT2D eigenvalue weighted by Gasteiger charge is -2.19. The van der Waals surface area contributed by atoms with Crippen molar-refractivity contribution < 1.29 is 0 Å². The number of hydrogen-bond acceptors (Lipinski definition) is 2. The monoisotopic (exact) mass is 699 g/mol. The molecule has 0 unspecified atom stereocenters. The Hall–Kier alpha value is -7.86. The first-order chi connectivity index (χ1) is 27.2. The Morgan fingerprint density at radius 2 is 0.873 bits per heavy atom. The largest absolute Gasteiger partial charge is 0.309 e. The van der Waals surface area contributed by atoms with Crippen LogP contribution in [0, 0.1) is 22.7 Å². The van der Waals surface area contributed by atoms with Crippen LogP contribution in [0.5, 0.6) is 0 Å². The van der Waals surface area contributed by atoms with Crippen molar-refractivity contribution in [2.45, 2.75) is 0 Å². The van der Waals surface area contributed by atoms with Crippen molar-refractivity contribution in [2.24, 2.45) is 0 Å². The number of aromatic nitrogens is 3. The topological polar surface area (TPSA) is 62.4 Å². The first kappa shape index (κ1) is 30.7. The molecule has 11 rings (SSSR count). The minimum atomic E-state index is 0.578. The Bertz CT molecular complexity index is 3420. The number of hydrogen-bond donors (Lipinski definition) is 0. The lowest BCUT2D eigenvalue weighted by molar-refractivity contribution is 1.15. The number of para-hydroxylation sites is 5. The van der Waals surface area contributed by atoms with Gasteiger partial charge in [0.2, 0.25) is 0 Å². The van der Waals surface area contributed by atoms with E-state index < -0.39 is 0 Å². The van der Waals surface area contributed by atoms with Crippen molar-refractivity contribution in [2.75, 3.05) is 0 Å². The standard InChI is InChI=1S/C50H29N5/c51-30-32-24-27-47(41(28-32)38-16-4-9-21-45(38)54-46-22-10-5-17-40(46)50-33(31-52)12-11-23-48(50)54)55-44-20-8-3-15-37(44)39-26-25-34(29-49(39)55)53-42-18-6-1-13-35(42)36-14-2-7-19-43(36)53/h1-29H. The summed E-state index contributed by atoms with van der Waals surface area (Å²) < 4.78 is 6.98. The molecule has 8 aromatic carbocycles. The summed E-state index contributed by atoms with van der Waals surface area (Å²) in [4.78, 5) is 0. The molecule has 0 spiro atoms.